The molecule has 0 spiro atoms. The summed E-state index contributed by atoms with van der Waals surface area (Å²) in [7, 11) is -3.90. The molecule has 0 aliphatic carbocycles. The summed E-state index contributed by atoms with van der Waals surface area (Å²) in [6.45, 7) is 1.20. The molecule has 0 aliphatic rings. The van der Waals surface area contributed by atoms with Gasteiger partial charge in [0.05, 0.1) is 5.75 Å². The van der Waals surface area contributed by atoms with Crippen molar-refractivity contribution in [3.63, 3.8) is 0 Å². The van der Waals surface area contributed by atoms with Gasteiger partial charge < -0.3 is 0 Å². The largest absolute Gasteiger partial charge is 0.229 e. The minimum absolute atomic E-state index is 0.466. The van der Waals surface area contributed by atoms with Crippen LogP contribution in [-0.4, -0.2) is 14.2 Å². The monoisotopic (exact) mass is 274 g/mol. The predicted molar refractivity (Wildman–Crippen MR) is 49.4 cm³/mol. The van der Waals surface area contributed by atoms with Crippen molar-refractivity contribution in [3.8, 4) is 0 Å². The Bertz CT molecular complexity index is 524. The van der Waals surface area contributed by atoms with Gasteiger partial charge in [-0.2, -0.15) is 0 Å². The second-order valence-electron chi connectivity index (χ2n) is 3.23. The molecule has 0 saturated carbocycles. The summed E-state index contributed by atoms with van der Waals surface area (Å²) in [6, 6.07) is 0. The summed E-state index contributed by atoms with van der Waals surface area (Å²) in [5.74, 6) is -12.5. The highest BCUT2D eigenvalue weighted by molar-refractivity contribution is 7.90. The third kappa shape index (κ3) is 2.56. The third-order valence-electron chi connectivity index (χ3n) is 2.10. The summed E-state index contributed by atoms with van der Waals surface area (Å²) in [6.07, 6.45) is 0. The number of halogens is 5. The van der Waals surface area contributed by atoms with Gasteiger partial charge in [0.25, 0.3) is 0 Å². The fourth-order valence-corrected chi connectivity index (χ4v) is 2.00. The minimum Gasteiger partial charge on any atom is -0.229 e. The predicted octanol–water partition coefficient (Wildman–Crippen LogP) is 2.32. The van der Waals surface area contributed by atoms with Gasteiger partial charge >= 0.3 is 0 Å². The first kappa shape index (κ1) is 13.9. The molecule has 1 aromatic carbocycles. The Morgan fingerprint density at radius 1 is 0.824 bits per heavy atom. The molecule has 0 fully saturated rings. The van der Waals surface area contributed by atoms with E-state index in [1.165, 1.54) is 6.92 Å². The zero-order chi connectivity index (χ0) is 13.4. The van der Waals surface area contributed by atoms with Crippen LogP contribution < -0.4 is 0 Å². The third-order valence-corrected chi connectivity index (χ3v) is 3.71. The van der Waals surface area contributed by atoms with Crippen molar-refractivity contribution < 1.29 is 30.4 Å². The molecule has 0 atom stereocenters. The number of sulfone groups is 1. The Morgan fingerprint density at radius 2 is 1.18 bits per heavy atom. The Balaban J connectivity index is 3.45. The van der Waals surface area contributed by atoms with Crippen LogP contribution in [0.25, 0.3) is 0 Å². The van der Waals surface area contributed by atoms with E-state index in [1.54, 1.807) is 0 Å². The van der Waals surface area contributed by atoms with E-state index in [2.05, 4.69) is 0 Å². The van der Waals surface area contributed by atoms with Crippen LogP contribution in [0, 0.1) is 29.1 Å². The highest BCUT2D eigenvalue weighted by atomic mass is 32.2. The van der Waals surface area contributed by atoms with Gasteiger partial charge in [-0.05, 0) is 0 Å². The van der Waals surface area contributed by atoms with Crippen LogP contribution in [0.15, 0.2) is 0 Å². The van der Waals surface area contributed by atoms with E-state index in [9.17, 15) is 30.4 Å². The Kier molecular flexibility index (Phi) is 3.75. The fraction of sp³-hybridized carbons (Fsp3) is 0.333. The van der Waals surface area contributed by atoms with Gasteiger partial charge in [-0.1, -0.05) is 6.92 Å². The van der Waals surface area contributed by atoms with Crippen LogP contribution in [0.4, 0.5) is 22.0 Å². The first-order valence-electron chi connectivity index (χ1n) is 4.42. The molecule has 0 radical (unpaired) electrons. The van der Waals surface area contributed by atoms with E-state index in [-0.39, 0.29) is 0 Å². The van der Waals surface area contributed by atoms with Crippen molar-refractivity contribution >= 4 is 9.84 Å². The number of hydrogen-bond donors (Lipinski definition) is 0. The van der Waals surface area contributed by atoms with Gasteiger partial charge in [0.15, 0.2) is 33.1 Å². The average molecular weight is 274 g/mol. The quantitative estimate of drug-likeness (QED) is 0.481. The van der Waals surface area contributed by atoms with Crippen molar-refractivity contribution in [2.24, 2.45) is 0 Å². The smallest absolute Gasteiger partial charge is 0.200 e. The van der Waals surface area contributed by atoms with Crippen LogP contribution in [0.5, 0.6) is 0 Å². The van der Waals surface area contributed by atoms with Gasteiger partial charge in [0.1, 0.15) is 0 Å². The van der Waals surface area contributed by atoms with Gasteiger partial charge in [0.2, 0.25) is 5.82 Å². The van der Waals surface area contributed by atoms with E-state index in [0.717, 1.165) is 0 Å². The molecule has 17 heavy (non-hydrogen) atoms. The van der Waals surface area contributed by atoms with E-state index >= 15 is 0 Å². The van der Waals surface area contributed by atoms with Crippen LogP contribution in [0.2, 0.25) is 0 Å². The van der Waals surface area contributed by atoms with Crippen LogP contribution in [-0.2, 0) is 15.6 Å². The molecule has 0 unspecified atom stereocenters. The summed E-state index contributed by atoms with van der Waals surface area (Å²) in [5, 5.41) is 0. The highest BCUT2D eigenvalue weighted by Crippen LogP contribution is 2.24. The van der Waals surface area contributed by atoms with Gasteiger partial charge in [-0.3, -0.25) is 0 Å². The van der Waals surface area contributed by atoms with Gasteiger partial charge in [0, 0.05) is 11.3 Å². The summed E-state index contributed by atoms with van der Waals surface area (Å²) < 4.78 is 86.5. The maximum absolute atomic E-state index is 13.1. The van der Waals surface area contributed by atoms with Crippen molar-refractivity contribution in [3.05, 3.63) is 34.6 Å². The first-order chi connectivity index (χ1) is 7.71. The van der Waals surface area contributed by atoms with E-state index in [0.29, 0.717) is 0 Å². The lowest BCUT2D eigenvalue weighted by molar-refractivity contribution is 0.372. The lowest BCUT2D eigenvalue weighted by Crippen LogP contribution is -2.13. The van der Waals surface area contributed by atoms with E-state index in [1.807, 2.05) is 0 Å². The molecule has 0 bridgehead atoms. The normalized spacial score (nSPS) is 11.9. The van der Waals surface area contributed by atoms with Crippen LogP contribution in [0.1, 0.15) is 12.5 Å². The van der Waals surface area contributed by atoms with Crippen molar-refractivity contribution in [1.29, 1.82) is 0 Å². The SMILES string of the molecule is CCS(=O)(=O)Cc1c(F)c(F)c(F)c(F)c1F. The summed E-state index contributed by atoms with van der Waals surface area (Å²) in [4.78, 5) is 0. The number of rotatable bonds is 3. The Labute approximate surface area is 94.0 Å². The lowest BCUT2D eigenvalue weighted by atomic mass is 10.2. The lowest BCUT2D eigenvalue weighted by Gasteiger charge is -2.07. The Morgan fingerprint density at radius 3 is 1.53 bits per heavy atom. The molecule has 0 amide bonds. The zero-order valence-corrected chi connectivity index (χ0v) is 9.35. The number of hydrogen-bond acceptors (Lipinski definition) is 2. The fourth-order valence-electron chi connectivity index (χ4n) is 1.10. The molecule has 0 saturated heterocycles. The summed E-state index contributed by atoms with van der Waals surface area (Å²) >= 11 is 0. The maximum Gasteiger partial charge on any atom is 0.200 e. The van der Waals surface area contributed by atoms with Crippen molar-refractivity contribution in [2.45, 2.75) is 12.7 Å². The molecule has 96 valence electrons. The standard InChI is InChI=1S/C9H7F5O2S/c1-2-17(15,16)3-4-5(10)7(12)9(14)8(13)6(4)11/h2-3H2,1H3. The number of benzene rings is 1. The molecule has 2 nitrogen and oxygen atoms in total. The zero-order valence-electron chi connectivity index (χ0n) is 8.53. The first-order valence-corrected chi connectivity index (χ1v) is 6.24. The topological polar surface area (TPSA) is 34.1 Å². The molecule has 0 aliphatic heterocycles. The van der Waals surface area contributed by atoms with Gasteiger partial charge in [-0.25, -0.2) is 30.4 Å². The molecule has 0 N–H and O–H groups in total. The van der Waals surface area contributed by atoms with E-state index in [4.69, 9.17) is 0 Å². The minimum atomic E-state index is -3.90. The molecular formula is C9H7F5O2S. The van der Waals surface area contributed by atoms with Crippen LogP contribution in [0.3, 0.4) is 0 Å². The van der Waals surface area contributed by atoms with E-state index < -0.39 is 56.0 Å². The average Bonchev–Trinajstić information content (AvgIpc) is 2.30. The second kappa shape index (κ2) is 4.59. The summed E-state index contributed by atoms with van der Waals surface area (Å²) in [5.41, 5.74) is -1.33. The second-order valence-corrected chi connectivity index (χ2v) is 5.58. The molecule has 1 rings (SSSR count). The maximum atomic E-state index is 13.1. The molecule has 0 aromatic heterocycles. The van der Waals surface area contributed by atoms with Gasteiger partial charge in [-0.15, -0.1) is 0 Å². The molecule has 8 heteroatoms. The highest BCUT2D eigenvalue weighted by Gasteiger charge is 2.27. The van der Waals surface area contributed by atoms with Crippen molar-refractivity contribution in [2.75, 3.05) is 5.75 Å². The molecule has 0 heterocycles. The molecule has 1 aromatic rings. The van der Waals surface area contributed by atoms with Crippen LogP contribution >= 0.6 is 0 Å². The molecular weight excluding hydrogens is 267 g/mol. The Hall–Kier alpha value is -1.18. The van der Waals surface area contributed by atoms with Crippen molar-refractivity contribution in [1.82, 2.24) is 0 Å².